The van der Waals surface area contributed by atoms with E-state index in [9.17, 15) is 9.90 Å². The van der Waals surface area contributed by atoms with Crippen LogP contribution in [-0.4, -0.2) is 27.0 Å². The molecule has 0 bridgehead atoms. The number of aryl methyl sites for hydroxylation is 1. The topological polar surface area (TPSA) is 80.6 Å². The lowest BCUT2D eigenvalue weighted by atomic mass is 9.95. The number of hydrogen-bond acceptors (Lipinski definition) is 3. The first-order valence-electron chi connectivity index (χ1n) is 7.07. The number of aliphatic hydroxyl groups excluding tert-OH is 1. The molecule has 2 aromatic heterocycles. The number of pyridine rings is 1. The number of hydrogen-bond donors (Lipinski definition) is 2. The van der Waals surface area contributed by atoms with Crippen molar-refractivity contribution in [3.05, 3.63) is 71.2 Å². The molecule has 0 spiro atoms. The molecule has 22 heavy (non-hydrogen) atoms. The number of benzene rings is 1. The number of nitrogens with two attached hydrogens (primary N) is 1. The van der Waals surface area contributed by atoms with Crippen LogP contribution in [0.4, 0.5) is 0 Å². The Balaban J connectivity index is 2.28. The molecule has 5 heteroatoms. The number of rotatable bonds is 4. The van der Waals surface area contributed by atoms with E-state index in [1.54, 1.807) is 11.3 Å². The normalized spacial score (nSPS) is 12.5. The van der Waals surface area contributed by atoms with Gasteiger partial charge in [0, 0.05) is 11.6 Å². The molecule has 0 saturated heterocycles. The Bertz CT molecular complexity index is 825. The van der Waals surface area contributed by atoms with E-state index in [1.165, 1.54) is 0 Å². The molecule has 2 heterocycles. The number of fused-ring (bicyclic) bond motifs is 1. The Labute approximate surface area is 128 Å². The van der Waals surface area contributed by atoms with Crippen LogP contribution in [-0.2, 0) is 0 Å². The van der Waals surface area contributed by atoms with Gasteiger partial charge in [-0.2, -0.15) is 0 Å². The van der Waals surface area contributed by atoms with Crippen LogP contribution in [0.15, 0.2) is 48.5 Å². The van der Waals surface area contributed by atoms with Gasteiger partial charge in [-0.05, 0) is 24.6 Å². The fourth-order valence-corrected chi connectivity index (χ4v) is 2.85. The fraction of sp³-hybridized carbons (Fsp3) is 0.176. The van der Waals surface area contributed by atoms with Gasteiger partial charge in [0.25, 0.3) is 5.91 Å². The summed E-state index contributed by atoms with van der Waals surface area (Å²) in [5, 5.41) is 9.88. The zero-order valence-corrected chi connectivity index (χ0v) is 12.2. The lowest BCUT2D eigenvalue weighted by Crippen LogP contribution is -2.19. The van der Waals surface area contributed by atoms with Gasteiger partial charge in [0.2, 0.25) is 0 Å². The monoisotopic (exact) mass is 295 g/mol. The molecule has 3 aromatic rings. The number of aliphatic hydroxyl groups is 1. The first-order valence-corrected chi connectivity index (χ1v) is 7.07. The van der Waals surface area contributed by atoms with E-state index in [4.69, 9.17) is 5.73 Å². The highest BCUT2D eigenvalue weighted by atomic mass is 16.3. The van der Waals surface area contributed by atoms with Gasteiger partial charge in [-0.25, -0.2) is 4.98 Å². The molecule has 1 aromatic carbocycles. The summed E-state index contributed by atoms with van der Waals surface area (Å²) < 4.78 is 1.74. The van der Waals surface area contributed by atoms with Crippen molar-refractivity contribution in [3.8, 4) is 0 Å². The molecular formula is C17H17N3O2. The van der Waals surface area contributed by atoms with E-state index < -0.39 is 5.91 Å². The van der Waals surface area contributed by atoms with Gasteiger partial charge in [0.15, 0.2) is 0 Å². The number of carbonyl (C=O) groups excluding carboxylic acids is 1. The van der Waals surface area contributed by atoms with Crippen LogP contribution < -0.4 is 5.73 Å². The molecule has 3 N–H and O–H groups in total. The number of amides is 1. The maximum absolute atomic E-state index is 11.8. The van der Waals surface area contributed by atoms with Crippen molar-refractivity contribution in [1.82, 2.24) is 9.38 Å². The van der Waals surface area contributed by atoms with Crippen LogP contribution in [0.2, 0.25) is 0 Å². The zero-order chi connectivity index (χ0) is 15.7. The fourth-order valence-electron chi connectivity index (χ4n) is 2.85. The van der Waals surface area contributed by atoms with Gasteiger partial charge in [-0.15, -0.1) is 0 Å². The molecule has 5 nitrogen and oxygen atoms in total. The standard InChI is InChI=1S/C17H17N3O2/c1-11-16(17(18)22)20-14(8-5-9-15(20)19-11)13(10-21)12-6-3-2-4-7-12/h2-9,13,21H,10H2,1H3,(H2,18,22)/t13-/m1/s1. The second-order valence-electron chi connectivity index (χ2n) is 5.20. The van der Waals surface area contributed by atoms with Crippen LogP contribution >= 0.6 is 0 Å². The Morgan fingerprint density at radius 2 is 1.95 bits per heavy atom. The molecule has 112 valence electrons. The number of primary amides is 1. The molecule has 0 unspecified atom stereocenters. The van der Waals surface area contributed by atoms with Gasteiger partial charge in [-0.3, -0.25) is 9.20 Å². The van der Waals surface area contributed by atoms with Gasteiger partial charge in [0.1, 0.15) is 11.3 Å². The van der Waals surface area contributed by atoms with E-state index >= 15 is 0 Å². The maximum Gasteiger partial charge on any atom is 0.267 e. The van der Waals surface area contributed by atoms with Gasteiger partial charge in [-0.1, -0.05) is 36.4 Å². The summed E-state index contributed by atoms with van der Waals surface area (Å²) in [7, 11) is 0. The summed E-state index contributed by atoms with van der Waals surface area (Å²) in [6.45, 7) is 1.69. The second-order valence-corrected chi connectivity index (χ2v) is 5.20. The smallest absolute Gasteiger partial charge is 0.267 e. The van der Waals surface area contributed by atoms with Crippen LogP contribution in [0.3, 0.4) is 0 Å². The van der Waals surface area contributed by atoms with E-state index in [0.717, 1.165) is 11.3 Å². The minimum Gasteiger partial charge on any atom is -0.395 e. The van der Waals surface area contributed by atoms with Crippen LogP contribution in [0.25, 0.3) is 5.65 Å². The zero-order valence-electron chi connectivity index (χ0n) is 12.2. The largest absolute Gasteiger partial charge is 0.395 e. The number of imidazole rings is 1. The lowest BCUT2D eigenvalue weighted by molar-refractivity contribution is 0.0993. The van der Waals surface area contributed by atoms with Crippen molar-refractivity contribution in [2.24, 2.45) is 5.73 Å². The van der Waals surface area contributed by atoms with Crippen molar-refractivity contribution in [1.29, 1.82) is 0 Å². The highest BCUT2D eigenvalue weighted by Gasteiger charge is 2.21. The molecule has 0 radical (unpaired) electrons. The Hall–Kier alpha value is -2.66. The van der Waals surface area contributed by atoms with Gasteiger partial charge < -0.3 is 10.8 Å². The average Bonchev–Trinajstić information content (AvgIpc) is 2.86. The third-order valence-electron chi connectivity index (χ3n) is 3.82. The van der Waals surface area contributed by atoms with Crippen molar-refractivity contribution in [2.75, 3.05) is 6.61 Å². The van der Waals surface area contributed by atoms with Crippen molar-refractivity contribution in [2.45, 2.75) is 12.8 Å². The summed E-state index contributed by atoms with van der Waals surface area (Å²) in [5.41, 5.74) is 8.88. The predicted octanol–water partition coefficient (Wildman–Crippen LogP) is 1.87. The molecule has 1 atom stereocenters. The Morgan fingerprint density at radius 1 is 1.23 bits per heavy atom. The first kappa shape index (κ1) is 14.3. The second kappa shape index (κ2) is 5.61. The Kier molecular flexibility index (Phi) is 3.65. The molecule has 0 saturated carbocycles. The number of carbonyl (C=O) groups is 1. The van der Waals surface area contributed by atoms with Crippen molar-refractivity contribution >= 4 is 11.6 Å². The summed E-state index contributed by atoms with van der Waals surface area (Å²) in [6.07, 6.45) is 0. The number of nitrogens with zero attached hydrogens (tertiary/aromatic N) is 2. The van der Waals surface area contributed by atoms with E-state index in [0.29, 0.717) is 17.0 Å². The Morgan fingerprint density at radius 3 is 2.59 bits per heavy atom. The van der Waals surface area contributed by atoms with E-state index in [2.05, 4.69) is 4.98 Å². The lowest BCUT2D eigenvalue weighted by Gasteiger charge is -2.18. The SMILES string of the molecule is Cc1nc2cccc([C@H](CO)c3ccccc3)n2c1C(N)=O. The summed E-state index contributed by atoms with van der Waals surface area (Å²) in [4.78, 5) is 16.2. The quantitative estimate of drug-likeness (QED) is 0.771. The average molecular weight is 295 g/mol. The number of aromatic nitrogens is 2. The molecule has 0 aliphatic carbocycles. The molecule has 0 aliphatic heterocycles. The minimum absolute atomic E-state index is 0.0709. The van der Waals surface area contributed by atoms with E-state index in [1.807, 2.05) is 48.5 Å². The van der Waals surface area contributed by atoms with Crippen LogP contribution in [0.1, 0.15) is 33.4 Å². The molecule has 0 fully saturated rings. The van der Waals surface area contributed by atoms with E-state index in [-0.39, 0.29) is 12.5 Å². The van der Waals surface area contributed by atoms with Crippen molar-refractivity contribution in [3.63, 3.8) is 0 Å². The maximum atomic E-state index is 11.8. The first-order chi connectivity index (χ1) is 10.6. The highest BCUT2D eigenvalue weighted by molar-refractivity contribution is 5.93. The third kappa shape index (κ3) is 2.25. The minimum atomic E-state index is -0.526. The third-order valence-corrected chi connectivity index (χ3v) is 3.82. The molecular weight excluding hydrogens is 278 g/mol. The van der Waals surface area contributed by atoms with Crippen LogP contribution in [0, 0.1) is 6.92 Å². The van der Waals surface area contributed by atoms with Gasteiger partial charge >= 0.3 is 0 Å². The highest BCUT2D eigenvalue weighted by Crippen LogP contribution is 2.26. The molecule has 1 amide bonds. The predicted molar refractivity (Wildman–Crippen MR) is 83.8 cm³/mol. The van der Waals surface area contributed by atoms with Crippen LogP contribution in [0.5, 0.6) is 0 Å². The van der Waals surface area contributed by atoms with Crippen molar-refractivity contribution < 1.29 is 9.90 Å². The summed E-state index contributed by atoms with van der Waals surface area (Å²) >= 11 is 0. The summed E-state index contributed by atoms with van der Waals surface area (Å²) in [5.74, 6) is -0.779. The molecule has 0 aliphatic rings. The summed E-state index contributed by atoms with van der Waals surface area (Å²) in [6, 6.07) is 15.2. The molecule has 3 rings (SSSR count). The van der Waals surface area contributed by atoms with Gasteiger partial charge in [0.05, 0.1) is 12.3 Å².